The summed E-state index contributed by atoms with van der Waals surface area (Å²) in [5.41, 5.74) is 5.88. The zero-order chi connectivity index (χ0) is 12.3. The van der Waals surface area contributed by atoms with E-state index in [0.29, 0.717) is 18.6 Å². The SMILES string of the molecule is COCC(CN)N1CC2CCCCN2CC1C. The Morgan fingerprint density at radius 2 is 2.18 bits per heavy atom. The summed E-state index contributed by atoms with van der Waals surface area (Å²) in [5, 5.41) is 0. The quantitative estimate of drug-likeness (QED) is 0.779. The van der Waals surface area contributed by atoms with Gasteiger partial charge >= 0.3 is 0 Å². The highest BCUT2D eigenvalue weighted by molar-refractivity contribution is 4.92. The average Bonchev–Trinajstić information content (AvgIpc) is 2.35. The zero-order valence-electron chi connectivity index (χ0n) is 11.3. The van der Waals surface area contributed by atoms with E-state index in [4.69, 9.17) is 10.5 Å². The Balaban J connectivity index is 1.97. The van der Waals surface area contributed by atoms with Gasteiger partial charge in [0, 0.05) is 44.9 Å². The van der Waals surface area contributed by atoms with Gasteiger partial charge in [0.25, 0.3) is 0 Å². The van der Waals surface area contributed by atoms with Crippen molar-refractivity contribution in [2.45, 2.75) is 44.3 Å². The smallest absolute Gasteiger partial charge is 0.0630 e. The molecule has 2 fully saturated rings. The second kappa shape index (κ2) is 6.14. The Morgan fingerprint density at radius 3 is 2.88 bits per heavy atom. The van der Waals surface area contributed by atoms with Crippen LogP contribution in [0.2, 0.25) is 0 Å². The third kappa shape index (κ3) is 2.99. The lowest BCUT2D eigenvalue weighted by molar-refractivity contribution is -0.0235. The van der Waals surface area contributed by atoms with Gasteiger partial charge in [0.1, 0.15) is 0 Å². The van der Waals surface area contributed by atoms with Gasteiger partial charge in [0.2, 0.25) is 0 Å². The van der Waals surface area contributed by atoms with Crippen molar-refractivity contribution >= 4 is 0 Å². The Morgan fingerprint density at radius 1 is 1.35 bits per heavy atom. The molecule has 0 spiro atoms. The van der Waals surface area contributed by atoms with Crippen LogP contribution in [0, 0.1) is 0 Å². The van der Waals surface area contributed by atoms with E-state index in [1.807, 2.05) is 0 Å². The predicted octanol–water partition coefficient (Wildman–Crippen LogP) is 0.519. The molecule has 3 unspecified atom stereocenters. The predicted molar refractivity (Wildman–Crippen MR) is 70.1 cm³/mol. The molecule has 2 heterocycles. The number of hydrogen-bond acceptors (Lipinski definition) is 4. The van der Waals surface area contributed by atoms with E-state index in [1.165, 1.54) is 38.9 Å². The Bertz CT molecular complexity index is 237. The maximum Gasteiger partial charge on any atom is 0.0630 e. The standard InChI is InChI=1S/C13H27N3O/c1-11-8-15-6-4-3-5-12(15)9-16(11)13(7-14)10-17-2/h11-13H,3-10,14H2,1-2H3. The molecule has 4 nitrogen and oxygen atoms in total. The van der Waals surface area contributed by atoms with Crippen molar-refractivity contribution in [2.75, 3.05) is 39.9 Å². The van der Waals surface area contributed by atoms with Crippen LogP contribution < -0.4 is 5.73 Å². The molecular weight excluding hydrogens is 214 g/mol. The Hall–Kier alpha value is -0.160. The number of hydrogen-bond donors (Lipinski definition) is 1. The van der Waals surface area contributed by atoms with Gasteiger partial charge in [0.05, 0.1) is 6.61 Å². The molecule has 0 radical (unpaired) electrons. The van der Waals surface area contributed by atoms with Crippen molar-refractivity contribution in [3.05, 3.63) is 0 Å². The van der Waals surface area contributed by atoms with Crippen LogP contribution in [0.1, 0.15) is 26.2 Å². The topological polar surface area (TPSA) is 41.7 Å². The highest BCUT2D eigenvalue weighted by Crippen LogP contribution is 2.25. The first-order valence-corrected chi connectivity index (χ1v) is 6.95. The number of nitrogens with two attached hydrogens (primary N) is 1. The first-order valence-electron chi connectivity index (χ1n) is 6.95. The number of piperidine rings is 1. The first kappa shape index (κ1) is 13.3. The zero-order valence-corrected chi connectivity index (χ0v) is 11.3. The Labute approximate surface area is 105 Å². The molecule has 2 saturated heterocycles. The first-order chi connectivity index (χ1) is 8.26. The summed E-state index contributed by atoms with van der Waals surface area (Å²) in [6.45, 7) is 7.44. The molecule has 2 rings (SSSR count). The monoisotopic (exact) mass is 241 g/mol. The van der Waals surface area contributed by atoms with E-state index in [1.54, 1.807) is 7.11 Å². The van der Waals surface area contributed by atoms with Crippen LogP contribution in [-0.2, 0) is 4.74 Å². The van der Waals surface area contributed by atoms with Crippen molar-refractivity contribution in [3.63, 3.8) is 0 Å². The Kier molecular flexibility index (Phi) is 4.79. The van der Waals surface area contributed by atoms with Crippen molar-refractivity contribution in [2.24, 2.45) is 5.73 Å². The van der Waals surface area contributed by atoms with Gasteiger partial charge in [-0.2, -0.15) is 0 Å². The highest BCUT2D eigenvalue weighted by atomic mass is 16.5. The molecule has 2 aliphatic heterocycles. The number of fused-ring (bicyclic) bond motifs is 1. The molecule has 2 aliphatic rings. The minimum Gasteiger partial charge on any atom is -0.383 e. The molecule has 0 aromatic rings. The maximum atomic E-state index is 5.88. The molecule has 0 aromatic heterocycles. The summed E-state index contributed by atoms with van der Waals surface area (Å²) in [5.74, 6) is 0. The summed E-state index contributed by atoms with van der Waals surface area (Å²) < 4.78 is 5.30. The molecule has 2 N–H and O–H groups in total. The molecule has 0 saturated carbocycles. The van der Waals surface area contributed by atoms with Crippen molar-refractivity contribution in [1.29, 1.82) is 0 Å². The van der Waals surface area contributed by atoms with Gasteiger partial charge in [0.15, 0.2) is 0 Å². The summed E-state index contributed by atoms with van der Waals surface area (Å²) in [4.78, 5) is 5.24. The van der Waals surface area contributed by atoms with Crippen molar-refractivity contribution in [3.8, 4) is 0 Å². The molecule has 0 aromatic carbocycles. The molecule has 0 aliphatic carbocycles. The lowest BCUT2D eigenvalue weighted by Gasteiger charge is -2.49. The van der Waals surface area contributed by atoms with Crippen LogP contribution in [0.5, 0.6) is 0 Å². The third-order valence-corrected chi connectivity index (χ3v) is 4.34. The second-order valence-corrected chi connectivity index (χ2v) is 5.54. The molecule has 0 amide bonds. The van der Waals surface area contributed by atoms with Crippen LogP contribution in [0.15, 0.2) is 0 Å². The number of rotatable bonds is 4. The number of piperazine rings is 1. The fourth-order valence-electron chi connectivity index (χ4n) is 3.38. The molecule has 100 valence electrons. The van der Waals surface area contributed by atoms with Crippen molar-refractivity contribution < 1.29 is 4.74 Å². The number of nitrogens with zero attached hydrogens (tertiary/aromatic N) is 2. The van der Waals surface area contributed by atoms with Gasteiger partial charge in [-0.3, -0.25) is 9.80 Å². The normalized spacial score (nSPS) is 33.4. The molecular formula is C13H27N3O. The maximum absolute atomic E-state index is 5.88. The minimum absolute atomic E-state index is 0.388. The van der Waals surface area contributed by atoms with Crippen LogP contribution in [0.25, 0.3) is 0 Å². The molecule has 4 heteroatoms. The summed E-state index contributed by atoms with van der Waals surface area (Å²) in [7, 11) is 1.77. The largest absolute Gasteiger partial charge is 0.383 e. The number of methoxy groups -OCH3 is 1. The van der Waals surface area contributed by atoms with Gasteiger partial charge in [-0.05, 0) is 26.3 Å². The molecule has 3 atom stereocenters. The second-order valence-electron chi connectivity index (χ2n) is 5.54. The summed E-state index contributed by atoms with van der Waals surface area (Å²) >= 11 is 0. The van der Waals surface area contributed by atoms with E-state index in [9.17, 15) is 0 Å². The van der Waals surface area contributed by atoms with Crippen LogP contribution in [0.4, 0.5) is 0 Å². The summed E-state index contributed by atoms with van der Waals surface area (Å²) in [6.07, 6.45) is 4.12. The van der Waals surface area contributed by atoms with Crippen LogP contribution in [-0.4, -0.2) is 67.8 Å². The lowest BCUT2D eigenvalue weighted by atomic mass is 9.96. The van der Waals surface area contributed by atoms with E-state index >= 15 is 0 Å². The molecule has 17 heavy (non-hydrogen) atoms. The fourth-order valence-corrected chi connectivity index (χ4v) is 3.38. The van der Waals surface area contributed by atoms with E-state index < -0.39 is 0 Å². The molecule has 0 bridgehead atoms. The lowest BCUT2D eigenvalue weighted by Crippen LogP contribution is -2.62. The van der Waals surface area contributed by atoms with Crippen LogP contribution in [0.3, 0.4) is 0 Å². The van der Waals surface area contributed by atoms with Gasteiger partial charge in [-0.1, -0.05) is 6.42 Å². The van der Waals surface area contributed by atoms with E-state index in [0.717, 1.165) is 12.6 Å². The van der Waals surface area contributed by atoms with Gasteiger partial charge in [-0.25, -0.2) is 0 Å². The van der Waals surface area contributed by atoms with Gasteiger partial charge < -0.3 is 10.5 Å². The number of ether oxygens (including phenoxy) is 1. The van der Waals surface area contributed by atoms with E-state index in [-0.39, 0.29) is 0 Å². The van der Waals surface area contributed by atoms with Crippen LogP contribution >= 0.6 is 0 Å². The van der Waals surface area contributed by atoms with Crippen molar-refractivity contribution in [1.82, 2.24) is 9.80 Å². The van der Waals surface area contributed by atoms with Gasteiger partial charge in [-0.15, -0.1) is 0 Å². The average molecular weight is 241 g/mol. The fraction of sp³-hybridized carbons (Fsp3) is 1.00. The third-order valence-electron chi connectivity index (χ3n) is 4.34. The minimum atomic E-state index is 0.388. The summed E-state index contributed by atoms with van der Waals surface area (Å²) in [6, 6.07) is 1.75. The van der Waals surface area contributed by atoms with E-state index in [2.05, 4.69) is 16.7 Å². The highest BCUT2D eigenvalue weighted by Gasteiger charge is 2.35.